The van der Waals surface area contributed by atoms with Crippen molar-refractivity contribution in [2.45, 2.75) is 52.6 Å². The van der Waals surface area contributed by atoms with Crippen LogP contribution in [0, 0.1) is 5.41 Å². The molecule has 4 nitrogen and oxygen atoms in total. The van der Waals surface area contributed by atoms with Gasteiger partial charge in [0.15, 0.2) is 0 Å². The summed E-state index contributed by atoms with van der Waals surface area (Å²) in [6, 6.07) is 0. The molecule has 1 amide bonds. The van der Waals surface area contributed by atoms with Crippen molar-refractivity contribution in [2.75, 3.05) is 13.1 Å². The first-order valence-corrected chi connectivity index (χ1v) is 6.09. The lowest BCUT2D eigenvalue weighted by Crippen LogP contribution is -2.51. The number of hydrogen-bond donors (Lipinski definition) is 2. The number of carbonyl (C=O) groups excluding carboxylic acids is 1. The summed E-state index contributed by atoms with van der Waals surface area (Å²) >= 11 is 0. The first-order chi connectivity index (χ1) is 7.40. The summed E-state index contributed by atoms with van der Waals surface area (Å²) < 4.78 is 0. The van der Waals surface area contributed by atoms with E-state index in [1.54, 1.807) is 0 Å². The number of carbonyl (C=O) groups is 1. The Morgan fingerprint density at radius 1 is 1.50 bits per heavy atom. The standard InChI is InChI=1S/C12H24N2O2/c1-5-12(7-6-8-13-9-12)10(15)14-16-11(2,3)4/h13H,5-9H2,1-4H3,(H,14,15). The lowest BCUT2D eigenvalue weighted by Gasteiger charge is -2.35. The molecule has 1 atom stereocenters. The van der Waals surface area contributed by atoms with Crippen LogP contribution in [0.15, 0.2) is 0 Å². The van der Waals surface area contributed by atoms with E-state index in [9.17, 15) is 4.79 Å². The highest BCUT2D eigenvalue weighted by Gasteiger charge is 2.38. The SMILES string of the molecule is CCC1(C(=O)NOC(C)(C)C)CCCNC1. The molecule has 1 fully saturated rings. The monoisotopic (exact) mass is 228 g/mol. The number of hydrogen-bond acceptors (Lipinski definition) is 3. The van der Waals surface area contributed by atoms with E-state index in [1.165, 1.54) is 0 Å². The summed E-state index contributed by atoms with van der Waals surface area (Å²) in [5, 5.41) is 3.29. The number of amides is 1. The van der Waals surface area contributed by atoms with Crippen LogP contribution in [0.2, 0.25) is 0 Å². The summed E-state index contributed by atoms with van der Waals surface area (Å²) in [6.45, 7) is 9.59. The average Bonchev–Trinajstić information content (AvgIpc) is 2.25. The van der Waals surface area contributed by atoms with Gasteiger partial charge in [0, 0.05) is 6.54 Å². The Labute approximate surface area is 98.1 Å². The van der Waals surface area contributed by atoms with Crippen molar-refractivity contribution >= 4 is 5.91 Å². The van der Waals surface area contributed by atoms with Gasteiger partial charge in [-0.25, -0.2) is 5.48 Å². The molecule has 1 aliphatic heterocycles. The fraction of sp³-hybridized carbons (Fsp3) is 0.917. The maximum atomic E-state index is 12.1. The van der Waals surface area contributed by atoms with Crippen molar-refractivity contribution in [3.8, 4) is 0 Å². The van der Waals surface area contributed by atoms with Crippen molar-refractivity contribution in [3.63, 3.8) is 0 Å². The summed E-state index contributed by atoms with van der Waals surface area (Å²) in [6.07, 6.45) is 2.84. The molecule has 0 aliphatic carbocycles. The van der Waals surface area contributed by atoms with E-state index in [1.807, 2.05) is 20.8 Å². The Morgan fingerprint density at radius 3 is 2.62 bits per heavy atom. The van der Waals surface area contributed by atoms with Gasteiger partial charge >= 0.3 is 0 Å². The molecule has 0 radical (unpaired) electrons. The van der Waals surface area contributed by atoms with E-state index in [0.29, 0.717) is 0 Å². The summed E-state index contributed by atoms with van der Waals surface area (Å²) in [5.41, 5.74) is 1.98. The van der Waals surface area contributed by atoms with Crippen LogP contribution in [-0.2, 0) is 9.63 Å². The molecule has 1 aliphatic rings. The molecule has 1 saturated heterocycles. The predicted molar refractivity (Wildman–Crippen MR) is 63.8 cm³/mol. The minimum Gasteiger partial charge on any atom is -0.316 e. The van der Waals surface area contributed by atoms with Crippen molar-refractivity contribution in [1.82, 2.24) is 10.8 Å². The predicted octanol–water partition coefficient (Wildman–Crippen LogP) is 1.61. The molecule has 0 saturated carbocycles. The number of piperidine rings is 1. The van der Waals surface area contributed by atoms with Gasteiger partial charge in [-0.05, 0) is 46.6 Å². The van der Waals surface area contributed by atoms with E-state index >= 15 is 0 Å². The van der Waals surface area contributed by atoms with Crippen molar-refractivity contribution in [1.29, 1.82) is 0 Å². The topological polar surface area (TPSA) is 50.4 Å². The quantitative estimate of drug-likeness (QED) is 0.722. The summed E-state index contributed by atoms with van der Waals surface area (Å²) in [4.78, 5) is 17.5. The smallest absolute Gasteiger partial charge is 0.251 e. The van der Waals surface area contributed by atoms with E-state index in [0.717, 1.165) is 32.4 Å². The van der Waals surface area contributed by atoms with Gasteiger partial charge < -0.3 is 5.32 Å². The second-order valence-corrected chi connectivity index (χ2v) is 5.56. The highest BCUT2D eigenvalue weighted by atomic mass is 16.7. The molecule has 94 valence electrons. The lowest BCUT2D eigenvalue weighted by atomic mass is 9.78. The van der Waals surface area contributed by atoms with E-state index in [-0.39, 0.29) is 16.9 Å². The van der Waals surface area contributed by atoms with Crippen LogP contribution in [0.5, 0.6) is 0 Å². The Kier molecular flexibility index (Phi) is 4.33. The second-order valence-electron chi connectivity index (χ2n) is 5.56. The molecule has 0 bridgehead atoms. The van der Waals surface area contributed by atoms with Gasteiger partial charge in [-0.3, -0.25) is 9.63 Å². The third-order valence-corrected chi connectivity index (χ3v) is 3.08. The molecule has 1 heterocycles. The van der Waals surface area contributed by atoms with Crippen molar-refractivity contribution < 1.29 is 9.63 Å². The first kappa shape index (κ1) is 13.5. The molecule has 1 rings (SSSR count). The normalized spacial score (nSPS) is 26.5. The van der Waals surface area contributed by atoms with Crippen LogP contribution in [0.3, 0.4) is 0 Å². The zero-order valence-electron chi connectivity index (χ0n) is 10.9. The molecular formula is C12H24N2O2. The fourth-order valence-corrected chi connectivity index (χ4v) is 1.93. The minimum atomic E-state index is -0.341. The van der Waals surface area contributed by atoms with E-state index < -0.39 is 0 Å². The maximum Gasteiger partial charge on any atom is 0.251 e. The molecular weight excluding hydrogens is 204 g/mol. The van der Waals surface area contributed by atoms with E-state index in [2.05, 4.69) is 17.7 Å². The van der Waals surface area contributed by atoms with Gasteiger partial charge in [-0.2, -0.15) is 0 Å². The second kappa shape index (κ2) is 5.15. The lowest BCUT2D eigenvalue weighted by molar-refractivity contribution is -0.157. The molecule has 0 aromatic carbocycles. The Balaban J connectivity index is 2.55. The highest BCUT2D eigenvalue weighted by Crippen LogP contribution is 2.30. The van der Waals surface area contributed by atoms with Crippen LogP contribution in [0.4, 0.5) is 0 Å². The van der Waals surface area contributed by atoms with Crippen LogP contribution in [0.1, 0.15) is 47.0 Å². The maximum absolute atomic E-state index is 12.1. The molecule has 0 aromatic heterocycles. The minimum absolute atomic E-state index is 0.0112. The average molecular weight is 228 g/mol. The van der Waals surface area contributed by atoms with Crippen LogP contribution >= 0.6 is 0 Å². The van der Waals surface area contributed by atoms with Crippen LogP contribution < -0.4 is 10.8 Å². The van der Waals surface area contributed by atoms with Gasteiger partial charge in [0.25, 0.3) is 5.91 Å². The molecule has 16 heavy (non-hydrogen) atoms. The fourth-order valence-electron chi connectivity index (χ4n) is 1.93. The first-order valence-electron chi connectivity index (χ1n) is 6.09. The zero-order valence-corrected chi connectivity index (χ0v) is 10.9. The highest BCUT2D eigenvalue weighted by molar-refractivity contribution is 5.82. The summed E-state index contributed by atoms with van der Waals surface area (Å²) in [7, 11) is 0. The largest absolute Gasteiger partial charge is 0.316 e. The molecule has 1 unspecified atom stereocenters. The molecule has 0 aromatic rings. The third kappa shape index (κ3) is 3.46. The number of rotatable bonds is 3. The summed E-state index contributed by atoms with van der Waals surface area (Å²) in [5.74, 6) is 0.0112. The Morgan fingerprint density at radius 2 is 2.19 bits per heavy atom. The van der Waals surface area contributed by atoms with Crippen LogP contribution in [-0.4, -0.2) is 24.6 Å². The van der Waals surface area contributed by atoms with Gasteiger partial charge in [0.05, 0.1) is 11.0 Å². The third-order valence-electron chi connectivity index (χ3n) is 3.08. The molecule has 0 spiro atoms. The number of hydroxylamine groups is 1. The van der Waals surface area contributed by atoms with Crippen molar-refractivity contribution in [3.05, 3.63) is 0 Å². The molecule has 4 heteroatoms. The van der Waals surface area contributed by atoms with Crippen LogP contribution in [0.25, 0.3) is 0 Å². The zero-order chi connectivity index (χ0) is 12.2. The van der Waals surface area contributed by atoms with Gasteiger partial charge in [0.1, 0.15) is 0 Å². The number of nitrogens with one attached hydrogen (secondary N) is 2. The van der Waals surface area contributed by atoms with Gasteiger partial charge in [0.2, 0.25) is 0 Å². The Bertz CT molecular complexity index is 240. The van der Waals surface area contributed by atoms with Gasteiger partial charge in [-0.15, -0.1) is 0 Å². The van der Waals surface area contributed by atoms with Crippen molar-refractivity contribution in [2.24, 2.45) is 5.41 Å². The molecule has 2 N–H and O–H groups in total. The Hall–Kier alpha value is -0.610. The van der Waals surface area contributed by atoms with E-state index in [4.69, 9.17) is 4.84 Å². The van der Waals surface area contributed by atoms with Gasteiger partial charge in [-0.1, -0.05) is 6.92 Å².